The molecule has 0 bridgehead atoms. The summed E-state index contributed by atoms with van der Waals surface area (Å²) < 4.78 is 26.3. The topological polar surface area (TPSA) is 95.6 Å². The summed E-state index contributed by atoms with van der Waals surface area (Å²) in [7, 11) is -3.52. The molecule has 150 valence electrons. The normalized spacial score (nSPS) is 11.3. The van der Waals surface area contributed by atoms with Gasteiger partial charge in [0.25, 0.3) is 0 Å². The number of rotatable bonds is 8. The summed E-state index contributed by atoms with van der Waals surface area (Å²) in [5, 5.41) is 5.42. The number of amides is 2. The fourth-order valence-electron chi connectivity index (χ4n) is 2.72. The summed E-state index contributed by atoms with van der Waals surface area (Å²) in [4.78, 5) is 23.4. The van der Waals surface area contributed by atoms with Crippen molar-refractivity contribution in [1.29, 1.82) is 0 Å². The van der Waals surface area contributed by atoms with Gasteiger partial charge in [0.05, 0.1) is 11.3 Å². The molecule has 0 radical (unpaired) electrons. The molecule has 2 rings (SSSR count). The van der Waals surface area contributed by atoms with Crippen molar-refractivity contribution in [1.82, 2.24) is 4.31 Å². The zero-order valence-corrected chi connectivity index (χ0v) is 17.0. The second kappa shape index (κ2) is 9.48. The van der Waals surface area contributed by atoms with Crippen LogP contribution in [-0.4, -0.2) is 37.6 Å². The number of hydrogen-bond acceptors (Lipinski definition) is 4. The van der Waals surface area contributed by atoms with Crippen LogP contribution in [0.1, 0.15) is 26.3 Å². The zero-order valence-electron chi connectivity index (χ0n) is 16.2. The Morgan fingerprint density at radius 3 is 1.86 bits per heavy atom. The van der Waals surface area contributed by atoms with Crippen molar-refractivity contribution < 1.29 is 18.0 Å². The van der Waals surface area contributed by atoms with Gasteiger partial charge in [0, 0.05) is 31.4 Å². The van der Waals surface area contributed by atoms with Crippen molar-refractivity contribution in [2.75, 3.05) is 23.7 Å². The largest absolute Gasteiger partial charge is 0.326 e. The van der Waals surface area contributed by atoms with Crippen LogP contribution in [0, 0.1) is 0 Å². The summed E-state index contributed by atoms with van der Waals surface area (Å²) in [5.41, 5.74) is 1.99. The summed E-state index contributed by atoms with van der Waals surface area (Å²) >= 11 is 0. The predicted octanol–water partition coefficient (Wildman–Crippen LogP) is 2.86. The minimum Gasteiger partial charge on any atom is -0.326 e. The average Bonchev–Trinajstić information content (AvgIpc) is 2.64. The van der Waals surface area contributed by atoms with E-state index in [1.807, 2.05) is 0 Å². The second-order valence-corrected chi connectivity index (χ2v) is 8.15. The fourth-order valence-corrected chi connectivity index (χ4v) is 4.18. The van der Waals surface area contributed by atoms with Gasteiger partial charge in [-0.25, -0.2) is 8.42 Å². The Bertz CT molecular complexity index is 919. The lowest BCUT2D eigenvalue weighted by molar-refractivity contribution is -0.116. The van der Waals surface area contributed by atoms with E-state index in [4.69, 9.17) is 0 Å². The molecular weight excluding hydrogens is 378 g/mol. The van der Waals surface area contributed by atoms with E-state index >= 15 is 0 Å². The molecule has 8 heteroatoms. The smallest absolute Gasteiger partial charge is 0.243 e. The van der Waals surface area contributed by atoms with Gasteiger partial charge in [-0.05, 0) is 42.0 Å². The molecule has 0 saturated carbocycles. The summed E-state index contributed by atoms with van der Waals surface area (Å²) in [5.74, 6) is -0.372. The Hall–Kier alpha value is -2.71. The van der Waals surface area contributed by atoms with Crippen LogP contribution in [0.3, 0.4) is 0 Å². The van der Waals surface area contributed by atoms with Gasteiger partial charge in [-0.3, -0.25) is 9.59 Å². The highest BCUT2D eigenvalue weighted by atomic mass is 32.2. The van der Waals surface area contributed by atoms with E-state index in [0.29, 0.717) is 24.5 Å². The number of carbonyl (C=O) groups excluding carboxylic acids is 2. The SMILES string of the molecule is CCN(CC)S(=O)(=O)c1ccc(NC(=O)Cc2ccc(NC(C)=O)cc2)cc1. The van der Waals surface area contributed by atoms with Gasteiger partial charge in [0.15, 0.2) is 0 Å². The molecule has 0 heterocycles. The minimum absolute atomic E-state index is 0.156. The van der Waals surface area contributed by atoms with Gasteiger partial charge >= 0.3 is 0 Å². The first-order valence-corrected chi connectivity index (χ1v) is 10.5. The first-order chi connectivity index (χ1) is 13.3. The van der Waals surface area contributed by atoms with Crippen molar-refractivity contribution in [3.05, 3.63) is 54.1 Å². The molecular formula is C20H25N3O4S. The number of nitrogens with one attached hydrogen (secondary N) is 2. The van der Waals surface area contributed by atoms with Crippen LogP contribution in [0.15, 0.2) is 53.4 Å². The molecule has 0 spiro atoms. The standard InChI is InChI=1S/C20H25N3O4S/c1-4-23(5-2)28(26,27)19-12-10-18(11-13-19)22-20(25)14-16-6-8-17(9-7-16)21-15(3)24/h6-13H,4-5,14H2,1-3H3,(H,21,24)(H,22,25). The Labute approximate surface area is 165 Å². The van der Waals surface area contributed by atoms with Gasteiger partial charge in [-0.2, -0.15) is 4.31 Å². The van der Waals surface area contributed by atoms with Crippen molar-refractivity contribution in [2.45, 2.75) is 32.1 Å². The third-order valence-corrected chi connectivity index (χ3v) is 6.18. The predicted molar refractivity (Wildman–Crippen MR) is 110 cm³/mol. The minimum atomic E-state index is -3.52. The number of nitrogens with zero attached hydrogens (tertiary/aromatic N) is 1. The van der Waals surface area contributed by atoms with Crippen LogP contribution >= 0.6 is 0 Å². The first-order valence-electron chi connectivity index (χ1n) is 9.02. The van der Waals surface area contributed by atoms with Crippen LogP contribution in [0.4, 0.5) is 11.4 Å². The first kappa shape index (κ1) is 21.6. The number of anilines is 2. The summed E-state index contributed by atoms with van der Waals surface area (Å²) in [6, 6.07) is 13.1. The molecule has 2 N–H and O–H groups in total. The van der Waals surface area contributed by atoms with Crippen LogP contribution in [0.5, 0.6) is 0 Å². The van der Waals surface area contributed by atoms with Crippen LogP contribution in [-0.2, 0) is 26.0 Å². The van der Waals surface area contributed by atoms with Gasteiger partial charge in [0.1, 0.15) is 0 Å². The molecule has 2 aromatic rings. The molecule has 2 aromatic carbocycles. The van der Waals surface area contributed by atoms with Gasteiger partial charge in [0.2, 0.25) is 21.8 Å². The lowest BCUT2D eigenvalue weighted by Crippen LogP contribution is -2.30. The number of sulfonamides is 1. The maximum atomic E-state index is 12.5. The fraction of sp³-hybridized carbons (Fsp3) is 0.300. The quantitative estimate of drug-likeness (QED) is 0.708. The third-order valence-electron chi connectivity index (χ3n) is 4.12. The maximum Gasteiger partial charge on any atom is 0.243 e. The van der Waals surface area contributed by atoms with E-state index in [1.165, 1.54) is 23.4 Å². The third kappa shape index (κ3) is 5.64. The zero-order chi connectivity index (χ0) is 20.7. The van der Waals surface area contributed by atoms with E-state index in [2.05, 4.69) is 10.6 Å². The monoisotopic (exact) mass is 403 g/mol. The lowest BCUT2D eigenvalue weighted by Gasteiger charge is -2.18. The summed E-state index contributed by atoms with van der Waals surface area (Å²) in [6.45, 7) is 5.81. The Morgan fingerprint density at radius 2 is 1.36 bits per heavy atom. The Morgan fingerprint density at radius 1 is 0.857 bits per heavy atom. The number of hydrogen-bond donors (Lipinski definition) is 2. The molecule has 0 fully saturated rings. The average molecular weight is 404 g/mol. The van der Waals surface area contributed by atoms with E-state index in [9.17, 15) is 18.0 Å². The Kier molecular flexibility index (Phi) is 7.31. The molecule has 28 heavy (non-hydrogen) atoms. The van der Waals surface area contributed by atoms with Crippen molar-refractivity contribution >= 4 is 33.2 Å². The molecule has 0 aliphatic rings. The van der Waals surface area contributed by atoms with Crippen LogP contribution in [0.25, 0.3) is 0 Å². The Balaban J connectivity index is 2.00. The van der Waals surface area contributed by atoms with Gasteiger partial charge in [-0.1, -0.05) is 26.0 Å². The lowest BCUT2D eigenvalue weighted by atomic mass is 10.1. The molecule has 0 aliphatic heterocycles. The molecule has 7 nitrogen and oxygen atoms in total. The molecule has 0 saturated heterocycles. The van der Waals surface area contributed by atoms with Crippen LogP contribution in [0.2, 0.25) is 0 Å². The van der Waals surface area contributed by atoms with Crippen molar-refractivity contribution in [3.63, 3.8) is 0 Å². The maximum absolute atomic E-state index is 12.5. The molecule has 0 aromatic heterocycles. The van der Waals surface area contributed by atoms with Gasteiger partial charge < -0.3 is 10.6 Å². The van der Waals surface area contributed by atoms with Gasteiger partial charge in [-0.15, -0.1) is 0 Å². The summed E-state index contributed by atoms with van der Waals surface area (Å²) in [6.07, 6.45) is 0.167. The molecule has 0 aliphatic carbocycles. The van der Waals surface area contributed by atoms with E-state index < -0.39 is 10.0 Å². The molecule has 0 atom stereocenters. The van der Waals surface area contributed by atoms with Crippen molar-refractivity contribution in [2.24, 2.45) is 0 Å². The van der Waals surface area contributed by atoms with Crippen molar-refractivity contribution in [3.8, 4) is 0 Å². The second-order valence-electron chi connectivity index (χ2n) is 6.22. The van der Waals surface area contributed by atoms with E-state index in [1.54, 1.807) is 50.2 Å². The number of carbonyl (C=O) groups is 2. The van der Waals surface area contributed by atoms with E-state index in [-0.39, 0.29) is 23.1 Å². The molecule has 2 amide bonds. The number of benzene rings is 2. The van der Waals surface area contributed by atoms with E-state index in [0.717, 1.165) is 5.56 Å². The highest BCUT2D eigenvalue weighted by molar-refractivity contribution is 7.89. The van der Waals surface area contributed by atoms with Crippen LogP contribution < -0.4 is 10.6 Å². The highest BCUT2D eigenvalue weighted by Crippen LogP contribution is 2.18. The highest BCUT2D eigenvalue weighted by Gasteiger charge is 2.21. The molecule has 0 unspecified atom stereocenters.